The first kappa shape index (κ1) is 18.1. The molecule has 0 spiro atoms. The third-order valence-electron chi connectivity index (χ3n) is 7.47. The van der Waals surface area contributed by atoms with Crippen LogP contribution in [0.15, 0.2) is 0 Å². The summed E-state index contributed by atoms with van der Waals surface area (Å²) in [5, 5.41) is 26.3. The molecular weight excluding hydrogens is 332 g/mol. The largest absolute Gasteiger partial charge is 0.481 e. The number of aliphatic carboxylic acids is 1. The summed E-state index contributed by atoms with van der Waals surface area (Å²) < 4.78 is 0. The Hall–Kier alpha value is -1.30. The molecule has 5 rings (SSSR count). The van der Waals surface area contributed by atoms with Gasteiger partial charge in [-0.25, -0.2) is 4.79 Å². The molecule has 0 aliphatic heterocycles. The number of nitrogens with one attached hydrogen (secondary N) is 2. The van der Waals surface area contributed by atoms with Gasteiger partial charge < -0.3 is 20.8 Å². The summed E-state index contributed by atoms with van der Waals surface area (Å²) in [6, 6.07) is -0.189. The van der Waals surface area contributed by atoms with E-state index in [9.17, 15) is 19.8 Å². The number of carbonyl (C=O) groups excluding carboxylic acids is 1. The van der Waals surface area contributed by atoms with Crippen molar-refractivity contribution >= 4 is 12.0 Å². The molecule has 0 aromatic rings. The SMILES string of the molecule is O=C(O)CC1(CNC(=O)NC23CC4CC(CC(O)(C4)C2)C3)CCCCC1. The van der Waals surface area contributed by atoms with Gasteiger partial charge in [-0.05, 0) is 68.6 Å². The van der Waals surface area contributed by atoms with E-state index in [2.05, 4.69) is 10.6 Å². The van der Waals surface area contributed by atoms with E-state index in [1.807, 2.05) is 0 Å². The highest BCUT2D eigenvalue weighted by atomic mass is 16.4. The molecule has 4 bridgehead atoms. The van der Waals surface area contributed by atoms with E-state index in [1.54, 1.807) is 0 Å². The van der Waals surface area contributed by atoms with Gasteiger partial charge in [0.25, 0.3) is 0 Å². The number of rotatable bonds is 5. The van der Waals surface area contributed by atoms with Gasteiger partial charge in [0.2, 0.25) is 0 Å². The van der Waals surface area contributed by atoms with Crippen LogP contribution in [0.3, 0.4) is 0 Å². The number of urea groups is 1. The number of carbonyl (C=O) groups is 2. The average molecular weight is 364 g/mol. The van der Waals surface area contributed by atoms with Gasteiger partial charge in [0.1, 0.15) is 0 Å². The highest BCUT2D eigenvalue weighted by Crippen LogP contribution is 2.57. The van der Waals surface area contributed by atoms with E-state index in [-0.39, 0.29) is 23.4 Å². The molecule has 2 atom stereocenters. The molecule has 5 fully saturated rings. The predicted octanol–water partition coefficient (Wildman–Crippen LogP) is 2.79. The van der Waals surface area contributed by atoms with Crippen LogP contribution in [-0.2, 0) is 4.79 Å². The molecule has 26 heavy (non-hydrogen) atoms. The lowest BCUT2D eigenvalue weighted by Crippen LogP contribution is -2.66. The van der Waals surface area contributed by atoms with Crippen molar-refractivity contribution in [3.05, 3.63) is 0 Å². The standard InChI is InChI=1S/C20H32N2O4/c23-16(24)11-18(4-2-1-3-5-18)13-21-17(25)22-19-7-14-6-15(8-19)10-20(26,9-14)12-19/h14-15,26H,1-13H2,(H,23,24)(H2,21,22,25). The Balaban J connectivity index is 1.37. The lowest BCUT2D eigenvalue weighted by molar-refractivity contribution is -0.141. The summed E-state index contributed by atoms with van der Waals surface area (Å²) in [7, 11) is 0. The van der Waals surface area contributed by atoms with Gasteiger partial charge in [0, 0.05) is 12.1 Å². The maximum atomic E-state index is 12.7. The molecule has 5 aliphatic carbocycles. The zero-order valence-electron chi connectivity index (χ0n) is 15.6. The first-order valence-electron chi connectivity index (χ1n) is 10.3. The zero-order valence-corrected chi connectivity index (χ0v) is 15.6. The predicted molar refractivity (Wildman–Crippen MR) is 96.7 cm³/mol. The third-order valence-corrected chi connectivity index (χ3v) is 7.47. The second-order valence-electron chi connectivity index (χ2n) is 9.90. The number of hydrogen-bond acceptors (Lipinski definition) is 3. The van der Waals surface area contributed by atoms with Gasteiger partial charge in [-0.15, -0.1) is 0 Å². The number of hydrogen-bond donors (Lipinski definition) is 4. The fraction of sp³-hybridized carbons (Fsp3) is 0.900. The molecule has 146 valence electrons. The first-order valence-corrected chi connectivity index (χ1v) is 10.3. The van der Waals surface area contributed by atoms with Gasteiger partial charge in [0.15, 0.2) is 0 Å². The van der Waals surface area contributed by atoms with Crippen molar-refractivity contribution in [2.75, 3.05) is 6.54 Å². The van der Waals surface area contributed by atoms with E-state index < -0.39 is 11.6 Å². The van der Waals surface area contributed by atoms with Crippen molar-refractivity contribution in [1.29, 1.82) is 0 Å². The minimum atomic E-state index is -0.780. The van der Waals surface area contributed by atoms with E-state index in [0.29, 0.717) is 24.8 Å². The normalized spacial score (nSPS) is 40.2. The summed E-state index contributed by atoms with van der Waals surface area (Å²) in [5.41, 5.74) is -1.16. The fourth-order valence-corrected chi connectivity index (χ4v) is 6.95. The molecule has 0 aromatic carbocycles. The molecule has 5 saturated carbocycles. The van der Waals surface area contributed by atoms with E-state index in [0.717, 1.165) is 57.8 Å². The van der Waals surface area contributed by atoms with Crippen molar-refractivity contribution in [3.8, 4) is 0 Å². The maximum absolute atomic E-state index is 12.7. The summed E-state index contributed by atoms with van der Waals surface area (Å²) in [6.45, 7) is 0.429. The van der Waals surface area contributed by atoms with Crippen molar-refractivity contribution in [1.82, 2.24) is 10.6 Å². The van der Waals surface area contributed by atoms with Gasteiger partial charge in [-0.3, -0.25) is 4.79 Å². The summed E-state index contributed by atoms with van der Waals surface area (Å²) in [4.78, 5) is 23.9. The first-order chi connectivity index (χ1) is 12.3. The summed E-state index contributed by atoms with van der Waals surface area (Å²) in [6.07, 6.45) is 10.7. The van der Waals surface area contributed by atoms with E-state index in [1.165, 1.54) is 6.42 Å². The van der Waals surface area contributed by atoms with Crippen LogP contribution in [-0.4, -0.2) is 39.9 Å². The Labute approximate surface area is 155 Å². The molecule has 6 nitrogen and oxygen atoms in total. The highest BCUT2D eigenvalue weighted by Gasteiger charge is 2.57. The Morgan fingerprint density at radius 2 is 1.65 bits per heavy atom. The summed E-state index contributed by atoms with van der Waals surface area (Å²) >= 11 is 0. The summed E-state index contributed by atoms with van der Waals surface area (Å²) in [5.74, 6) is 0.272. The van der Waals surface area contributed by atoms with E-state index >= 15 is 0 Å². The smallest absolute Gasteiger partial charge is 0.315 e. The number of aliphatic hydroxyl groups is 1. The quantitative estimate of drug-likeness (QED) is 0.603. The fourth-order valence-electron chi connectivity index (χ4n) is 6.95. The van der Waals surface area contributed by atoms with Crippen LogP contribution in [0.4, 0.5) is 4.79 Å². The lowest BCUT2D eigenvalue weighted by Gasteiger charge is -2.60. The Kier molecular flexibility index (Phi) is 4.45. The number of carboxylic acid groups (broad SMARTS) is 1. The van der Waals surface area contributed by atoms with Gasteiger partial charge in [-0.2, -0.15) is 0 Å². The molecule has 0 heterocycles. The van der Waals surface area contributed by atoms with Crippen LogP contribution in [0.2, 0.25) is 0 Å². The maximum Gasteiger partial charge on any atom is 0.315 e. The Morgan fingerprint density at radius 3 is 2.23 bits per heavy atom. The zero-order chi connectivity index (χ0) is 18.4. The molecule has 2 amide bonds. The second-order valence-corrected chi connectivity index (χ2v) is 9.90. The van der Waals surface area contributed by atoms with Crippen LogP contribution < -0.4 is 10.6 Å². The van der Waals surface area contributed by atoms with Crippen molar-refractivity contribution < 1.29 is 19.8 Å². The van der Waals surface area contributed by atoms with Crippen LogP contribution in [0.5, 0.6) is 0 Å². The van der Waals surface area contributed by atoms with Crippen LogP contribution in [0.1, 0.15) is 77.0 Å². The van der Waals surface area contributed by atoms with Crippen molar-refractivity contribution in [2.45, 2.75) is 88.2 Å². The second kappa shape index (κ2) is 6.39. The van der Waals surface area contributed by atoms with Crippen LogP contribution >= 0.6 is 0 Å². The minimum absolute atomic E-state index is 0.127. The number of amides is 2. The number of carboxylic acids is 1. The Morgan fingerprint density at radius 1 is 1.00 bits per heavy atom. The molecule has 4 N–H and O–H groups in total. The van der Waals surface area contributed by atoms with E-state index in [4.69, 9.17) is 0 Å². The van der Waals surface area contributed by atoms with Gasteiger partial charge in [0.05, 0.1) is 12.0 Å². The molecule has 0 aromatic heterocycles. The molecule has 0 radical (unpaired) electrons. The topological polar surface area (TPSA) is 98.7 Å². The average Bonchev–Trinajstić information content (AvgIpc) is 2.50. The molecule has 2 unspecified atom stereocenters. The Bertz CT molecular complexity index is 570. The van der Waals surface area contributed by atoms with Crippen molar-refractivity contribution in [3.63, 3.8) is 0 Å². The molecule has 6 heteroatoms. The van der Waals surface area contributed by atoms with Gasteiger partial charge >= 0.3 is 12.0 Å². The molecule has 0 saturated heterocycles. The third kappa shape index (κ3) is 3.57. The van der Waals surface area contributed by atoms with Crippen LogP contribution in [0, 0.1) is 17.3 Å². The molecular formula is C20H32N2O4. The monoisotopic (exact) mass is 364 g/mol. The highest BCUT2D eigenvalue weighted by molar-refractivity contribution is 5.75. The van der Waals surface area contributed by atoms with Crippen LogP contribution in [0.25, 0.3) is 0 Å². The van der Waals surface area contributed by atoms with Crippen molar-refractivity contribution in [2.24, 2.45) is 17.3 Å². The van der Waals surface area contributed by atoms with Gasteiger partial charge in [-0.1, -0.05) is 19.3 Å². The molecule has 5 aliphatic rings. The minimum Gasteiger partial charge on any atom is -0.481 e. The lowest BCUT2D eigenvalue weighted by atomic mass is 9.51.